The van der Waals surface area contributed by atoms with Crippen LogP contribution in [0.2, 0.25) is 0 Å². The van der Waals surface area contributed by atoms with Crippen molar-refractivity contribution in [1.29, 1.82) is 0 Å². The van der Waals surface area contributed by atoms with Crippen molar-refractivity contribution < 1.29 is 42.1 Å². The number of phosphoric acid groups is 1. The highest BCUT2D eigenvalue weighted by atomic mass is 31.2. The number of phosphoric ester groups is 1. The molecule has 2 unspecified atom stereocenters. The van der Waals surface area contributed by atoms with Crippen molar-refractivity contribution in [3.8, 4) is 0 Å². The molecule has 0 fully saturated rings. The molecule has 0 aliphatic carbocycles. The Balaban J connectivity index is 4.16. The minimum absolute atomic E-state index is 0.0465. The molecule has 0 aromatic rings. The molecule has 92 heavy (non-hydrogen) atoms. The van der Waals surface area contributed by atoms with Crippen LogP contribution in [-0.4, -0.2) is 70.0 Å². The minimum atomic E-state index is -4.67. The number of unbranched alkanes of at least 4 members (excludes halogenated alkanes) is 27. The van der Waals surface area contributed by atoms with E-state index in [4.69, 9.17) is 18.5 Å². The van der Waals surface area contributed by atoms with E-state index in [9.17, 15) is 19.0 Å². The van der Waals surface area contributed by atoms with E-state index < -0.39 is 32.5 Å². The lowest BCUT2D eigenvalue weighted by Gasteiger charge is -2.28. The summed E-state index contributed by atoms with van der Waals surface area (Å²) in [5.74, 6) is -0.886. The van der Waals surface area contributed by atoms with E-state index in [-0.39, 0.29) is 26.1 Å². The van der Waals surface area contributed by atoms with Crippen molar-refractivity contribution in [2.75, 3.05) is 47.5 Å². The third kappa shape index (κ3) is 74.7. The normalized spacial score (nSPS) is 14.0. The van der Waals surface area contributed by atoms with Gasteiger partial charge < -0.3 is 27.9 Å². The number of allylic oxidation sites excluding steroid dienone is 26. The van der Waals surface area contributed by atoms with Crippen molar-refractivity contribution in [3.63, 3.8) is 0 Å². The first-order valence-corrected chi connectivity index (χ1v) is 38.7. The number of likely N-dealkylation sites (N-methyl/N-ethyl adjacent to an activating group) is 1. The minimum Gasteiger partial charge on any atom is -0.756 e. The zero-order valence-electron chi connectivity index (χ0n) is 59.7. The molecule has 0 aromatic heterocycles. The molecular formula is C82H138NO8P. The molecule has 2 atom stereocenters. The van der Waals surface area contributed by atoms with Gasteiger partial charge in [-0.25, -0.2) is 0 Å². The van der Waals surface area contributed by atoms with Crippen LogP contribution >= 0.6 is 7.82 Å². The Morgan fingerprint density at radius 1 is 0.348 bits per heavy atom. The van der Waals surface area contributed by atoms with Crippen LogP contribution in [-0.2, 0) is 32.7 Å². The lowest BCUT2D eigenvalue weighted by Crippen LogP contribution is -2.37. The molecule has 0 radical (unpaired) electrons. The van der Waals surface area contributed by atoms with Crippen LogP contribution in [0.25, 0.3) is 0 Å². The van der Waals surface area contributed by atoms with Crippen LogP contribution in [0, 0.1) is 0 Å². The highest BCUT2D eigenvalue weighted by molar-refractivity contribution is 7.45. The van der Waals surface area contributed by atoms with Crippen molar-refractivity contribution in [1.82, 2.24) is 0 Å². The van der Waals surface area contributed by atoms with Crippen LogP contribution in [0.15, 0.2) is 158 Å². The third-order valence-corrected chi connectivity index (χ3v) is 16.5. The van der Waals surface area contributed by atoms with Crippen LogP contribution in [0.1, 0.15) is 296 Å². The molecule has 9 nitrogen and oxygen atoms in total. The number of rotatable bonds is 67. The number of quaternary nitrogens is 1. The van der Waals surface area contributed by atoms with Gasteiger partial charge in [0.05, 0.1) is 27.7 Å². The summed E-state index contributed by atoms with van der Waals surface area (Å²) in [4.78, 5) is 38.1. The summed E-state index contributed by atoms with van der Waals surface area (Å²) < 4.78 is 34.3. The Morgan fingerprint density at radius 2 is 0.620 bits per heavy atom. The monoisotopic (exact) mass is 1300 g/mol. The first-order valence-electron chi connectivity index (χ1n) is 37.2. The number of ether oxygens (including phenoxy) is 2. The Morgan fingerprint density at radius 3 is 0.957 bits per heavy atom. The average molecular weight is 1300 g/mol. The molecule has 0 N–H and O–H groups in total. The largest absolute Gasteiger partial charge is 0.756 e. The number of carbonyl (C=O) groups excluding carboxylic acids is 2. The van der Waals surface area contributed by atoms with Gasteiger partial charge in [0.25, 0.3) is 7.82 Å². The smallest absolute Gasteiger partial charge is 0.306 e. The molecule has 0 aliphatic heterocycles. The van der Waals surface area contributed by atoms with Crippen LogP contribution < -0.4 is 4.89 Å². The van der Waals surface area contributed by atoms with Gasteiger partial charge in [-0.15, -0.1) is 0 Å². The van der Waals surface area contributed by atoms with Gasteiger partial charge in [0.1, 0.15) is 19.8 Å². The van der Waals surface area contributed by atoms with Gasteiger partial charge in [-0.3, -0.25) is 14.2 Å². The van der Waals surface area contributed by atoms with Gasteiger partial charge in [0.15, 0.2) is 6.10 Å². The van der Waals surface area contributed by atoms with Crippen LogP contribution in [0.5, 0.6) is 0 Å². The summed E-state index contributed by atoms with van der Waals surface area (Å²) in [6.07, 6.45) is 106. The fourth-order valence-electron chi connectivity index (χ4n) is 9.87. The molecule has 0 amide bonds. The van der Waals surface area contributed by atoms with Crippen molar-refractivity contribution >= 4 is 19.8 Å². The van der Waals surface area contributed by atoms with E-state index in [1.807, 2.05) is 21.1 Å². The first-order chi connectivity index (χ1) is 45.0. The standard InChI is InChI=1S/C82H138NO8P/c1-6-8-10-12-14-16-18-20-22-24-26-28-30-32-34-36-37-38-39-40-41-42-43-44-45-47-49-51-53-55-57-59-61-63-65-67-69-71-73-75-82(85)91-80(79-90-92(86,87)89-77-76-83(3,4)5)78-88-81(84)74-72-70-68-66-64-62-60-58-56-54-52-50-48-46-35-33-31-29-27-25-23-21-19-17-15-13-11-9-7-2/h8,10,14,16,20,22,25-28,32,34,37-38,40-41,43-44,47,49,53,55,59,61,65,67,80H,6-7,9,11-13,15,17-19,21,23-24,29-31,33,35-36,39,42,45-46,48,50-52,54,56-58,60,62-64,66,68-79H2,1-5H3/b10-8-,16-14-,22-20-,27-25-,28-26-,34-32-,38-37-,41-40-,44-43-,49-47-,55-53-,61-59-,67-65-. The van der Waals surface area contributed by atoms with Gasteiger partial charge in [0.2, 0.25) is 0 Å². The SMILES string of the molecule is CC/C=C\C/C=C\C/C=C\C/C=C\C/C=C\C/C=C\C/C=C\C/C=C\C/C=C\C/C=C\C/C=C\C/C=C\CCCCC(=O)OC(COC(=O)CCCCCCCCCCCCCCCCCCC/C=C\CCCCCCCCCC)COP(=O)([O-])OCC[N+](C)(C)C. The maximum absolute atomic E-state index is 12.9. The summed E-state index contributed by atoms with van der Waals surface area (Å²) >= 11 is 0. The Labute approximate surface area is 566 Å². The van der Waals surface area contributed by atoms with E-state index >= 15 is 0 Å². The molecular weight excluding hydrogens is 1160 g/mol. The summed E-state index contributed by atoms with van der Waals surface area (Å²) in [7, 11) is 1.12. The van der Waals surface area contributed by atoms with Crippen LogP contribution in [0.4, 0.5) is 0 Å². The van der Waals surface area contributed by atoms with E-state index in [0.29, 0.717) is 17.4 Å². The van der Waals surface area contributed by atoms with Gasteiger partial charge >= 0.3 is 11.9 Å². The Kier molecular flexibility index (Phi) is 67.6. The number of hydrogen-bond acceptors (Lipinski definition) is 8. The zero-order valence-corrected chi connectivity index (χ0v) is 60.6. The van der Waals surface area contributed by atoms with E-state index in [1.54, 1.807) is 0 Å². The lowest BCUT2D eigenvalue weighted by atomic mass is 10.0. The summed E-state index contributed by atoms with van der Waals surface area (Å²) in [5.41, 5.74) is 0. The lowest BCUT2D eigenvalue weighted by molar-refractivity contribution is -0.870. The summed E-state index contributed by atoms with van der Waals surface area (Å²) in [5, 5.41) is 0. The molecule has 0 rings (SSSR count). The van der Waals surface area contributed by atoms with E-state index in [0.717, 1.165) is 109 Å². The second-order valence-electron chi connectivity index (χ2n) is 25.6. The average Bonchev–Trinajstić information content (AvgIpc) is 2.14. The fraction of sp³-hybridized carbons (Fsp3) is 0.659. The van der Waals surface area contributed by atoms with Crippen molar-refractivity contribution in [2.45, 2.75) is 302 Å². The van der Waals surface area contributed by atoms with Crippen molar-refractivity contribution in [2.24, 2.45) is 0 Å². The van der Waals surface area contributed by atoms with Gasteiger partial charge in [-0.1, -0.05) is 313 Å². The molecule has 10 heteroatoms. The van der Waals surface area contributed by atoms with Crippen molar-refractivity contribution in [3.05, 3.63) is 158 Å². The first kappa shape index (κ1) is 87.6. The number of nitrogens with zero attached hydrogens (tertiary/aromatic N) is 1. The predicted molar refractivity (Wildman–Crippen MR) is 397 cm³/mol. The van der Waals surface area contributed by atoms with Crippen LogP contribution in [0.3, 0.4) is 0 Å². The highest BCUT2D eigenvalue weighted by Gasteiger charge is 2.22. The maximum Gasteiger partial charge on any atom is 0.306 e. The molecule has 0 spiro atoms. The molecule has 0 bridgehead atoms. The number of hydrogen-bond donors (Lipinski definition) is 0. The molecule has 0 aromatic carbocycles. The van der Waals surface area contributed by atoms with Gasteiger partial charge in [0, 0.05) is 12.8 Å². The Hall–Kier alpha value is -4.37. The third-order valence-electron chi connectivity index (χ3n) is 15.5. The molecule has 0 aliphatic rings. The number of esters is 2. The molecule has 0 saturated heterocycles. The zero-order chi connectivity index (χ0) is 66.9. The second-order valence-corrected chi connectivity index (χ2v) is 27.0. The molecule has 0 heterocycles. The van der Waals surface area contributed by atoms with Gasteiger partial charge in [-0.05, 0) is 128 Å². The second kappa shape index (κ2) is 70.9. The predicted octanol–water partition coefficient (Wildman–Crippen LogP) is 24.1. The maximum atomic E-state index is 12.9. The fourth-order valence-corrected chi connectivity index (χ4v) is 10.6. The Bertz CT molecular complexity index is 2110. The summed E-state index contributed by atoms with van der Waals surface area (Å²) in [6, 6.07) is 0. The van der Waals surface area contributed by atoms with E-state index in [1.165, 1.54) is 154 Å². The van der Waals surface area contributed by atoms with Gasteiger partial charge in [-0.2, -0.15) is 0 Å². The highest BCUT2D eigenvalue weighted by Crippen LogP contribution is 2.38. The molecule has 0 saturated carbocycles. The number of carbonyl (C=O) groups is 2. The van der Waals surface area contributed by atoms with E-state index in [2.05, 4.69) is 172 Å². The topological polar surface area (TPSA) is 111 Å². The quantitative estimate of drug-likeness (QED) is 0.0195. The summed E-state index contributed by atoms with van der Waals surface area (Å²) in [6.45, 7) is 4.09. The molecule has 524 valence electrons.